The molecular weight excluding hydrogens is 342 g/mol. The van der Waals surface area contributed by atoms with Gasteiger partial charge in [0.25, 0.3) is 0 Å². The predicted octanol–water partition coefficient (Wildman–Crippen LogP) is 3.94. The number of halogens is 2. The minimum absolute atomic E-state index is 0.296. The van der Waals surface area contributed by atoms with Crippen LogP contribution < -0.4 is 10.1 Å². The second-order valence-corrected chi connectivity index (χ2v) is 6.03. The minimum Gasteiger partial charge on any atom is -0.423 e. The zero-order chi connectivity index (χ0) is 13.9. The lowest BCUT2D eigenvalue weighted by molar-refractivity contribution is 0.440. The van der Waals surface area contributed by atoms with E-state index < -0.39 is 0 Å². The Balaban J connectivity index is 1.64. The Morgan fingerprint density at radius 2 is 2.05 bits per heavy atom. The highest BCUT2D eigenvalue weighted by molar-refractivity contribution is 9.10. The third-order valence-corrected chi connectivity index (χ3v) is 3.74. The number of hydrogen-bond donors (Lipinski definition) is 1. The highest BCUT2D eigenvalue weighted by Crippen LogP contribution is 2.30. The van der Waals surface area contributed by atoms with E-state index in [2.05, 4.69) is 31.2 Å². The van der Waals surface area contributed by atoms with Crippen molar-refractivity contribution in [3.63, 3.8) is 0 Å². The Morgan fingerprint density at radius 1 is 1.30 bits per heavy atom. The molecule has 4 nitrogen and oxygen atoms in total. The lowest BCUT2D eigenvalue weighted by Crippen LogP contribution is -2.15. The van der Waals surface area contributed by atoms with Crippen molar-refractivity contribution < 1.29 is 4.74 Å². The Hall–Kier alpha value is -1.17. The fourth-order valence-corrected chi connectivity index (χ4v) is 2.40. The summed E-state index contributed by atoms with van der Waals surface area (Å²) in [7, 11) is 0. The molecule has 0 bridgehead atoms. The minimum atomic E-state index is 0.296. The van der Waals surface area contributed by atoms with Crippen LogP contribution in [0, 0.1) is 0 Å². The predicted molar refractivity (Wildman–Crippen MR) is 81.1 cm³/mol. The van der Waals surface area contributed by atoms with Crippen molar-refractivity contribution in [3.05, 3.63) is 45.7 Å². The lowest BCUT2D eigenvalue weighted by atomic mass is 10.3. The van der Waals surface area contributed by atoms with Crippen molar-refractivity contribution in [2.75, 3.05) is 0 Å². The first kappa shape index (κ1) is 13.8. The van der Waals surface area contributed by atoms with Gasteiger partial charge in [0.1, 0.15) is 5.75 Å². The van der Waals surface area contributed by atoms with E-state index in [4.69, 9.17) is 16.3 Å². The van der Waals surface area contributed by atoms with Gasteiger partial charge in [0, 0.05) is 35.0 Å². The molecule has 0 radical (unpaired) electrons. The van der Waals surface area contributed by atoms with Crippen LogP contribution in [0.3, 0.4) is 0 Å². The SMILES string of the molecule is Clc1cc(Br)ccc1Oc1ncc(CNC2CC2)cn1. The second kappa shape index (κ2) is 6.08. The Morgan fingerprint density at radius 3 is 2.70 bits per heavy atom. The van der Waals surface area contributed by atoms with Crippen LogP contribution in [0.4, 0.5) is 0 Å². The van der Waals surface area contributed by atoms with Crippen LogP contribution in [0.15, 0.2) is 35.1 Å². The van der Waals surface area contributed by atoms with Crippen LogP contribution in [-0.2, 0) is 6.54 Å². The van der Waals surface area contributed by atoms with Crippen LogP contribution in [0.5, 0.6) is 11.8 Å². The van der Waals surface area contributed by atoms with Crippen molar-refractivity contribution in [1.82, 2.24) is 15.3 Å². The smallest absolute Gasteiger partial charge is 0.321 e. The van der Waals surface area contributed by atoms with E-state index in [-0.39, 0.29) is 0 Å². The Kier molecular flexibility index (Phi) is 4.19. The largest absolute Gasteiger partial charge is 0.423 e. The summed E-state index contributed by atoms with van der Waals surface area (Å²) in [6.45, 7) is 0.796. The topological polar surface area (TPSA) is 47.0 Å². The van der Waals surface area contributed by atoms with Crippen LogP contribution in [0.25, 0.3) is 0 Å². The Labute approximate surface area is 130 Å². The maximum Gasteiger partial charge on any atom is 0.321 e. The number of ether oxygens (including phenoxy) is 1. The average molecular weight is 355 g/mol. The van der Waals surface area contributed by atoms with Gasteiger partial charge in [-0.3, -0.25) is 0 Å². The molecule has 6 heteroatoms. The standard InChI is InChI=1S/C14H13BrClN3O/c15-10-1-4-13(12(16)5-10)20-14-18-7-9(8-19-14)6-17-11-2-3-11/h1,4-5,7-8,11,17H,2-3,6H2. The lowest BCUT2D eigenvalue weighted by Gasteiger charge is -2.07. The number of hydrogen-bond acceptors (Lipinski definition) is 4. The molecule has 0 spiro atoms. The molecule has 0 atom stereocenters. The van der Waals surface area contributed by atoms with Gasteiger partial charge >= 0.3 is 6.01 Å². The van der Waals surface area contributed by atoms with Crippen LogP contribution in [0.2, 0.25) is 5.02 Å². The van der Waals surface area contributed by atoms with E-state index in [1.165, 1.54) is 12.8 Å². The summed E-state index contributed by atoms with van der Waals surface area (Å²) in [5, 5.41) is 3.93. The van der Waals surface area contributed by atoms with Gasteiger partial charge in [0.2, 0.25) is 0 Å². The summed E-state index contributed by atoms with van der Waals surface area (Å²) in [6.07, 6.45) is 6.07. The molecule has 1 N–H and O–H groups in total. The molecule has 104 valence electrons. The molecule has 20 heavy (non-hydrogen) atoms. The monoisotopic (exact) mass is 353 g/mol. The van der Waals surface area contributed by atoms with E-state index in [0.29, 0.717) is 22.8 Å². The third-order valence-electron chi connectivity index (χ3n) is 2.95. The van der Waals surface area contributed by atoms with E-state index in [1.807, 2.05) is 6.07 Å². The molecule has 1 heterocycles. The number of benzene rings is 1. The fourth-order valence-electron chi connectivity index (χ4n) is 1.69. The molecular formula is C14H13BrClN3O. The van der Waals surface area contributed by atoms with Crippen molar-refractivity contribution in [3.8, 4) is 11.8 Å². The molecule has 0 saturated heterocycles. The molecule has 1 fully saturated rings. The molecule has 0 unspecified atom stereocenters. The van der Waals surface area contributed by atoms with Gasteiger partial charge in [-0.2, -0.15) is 0 Å². The third kappa shape index (κ3) is 3.69. The van der Waals surface area contributed by atoms with Gasteiger partial charge < -0.3 is 10.1 Å². The van der Waals surface area contributed by atoms with Gasteiger partial charge in [-0.1, -0.05) is 27.5 Å². The molecule has 1 aliphatic carbocycles. The van der Waals surface area contributed by atoms with Crippen LogP contribution in [-0.4, -0.2) is 16.0 Å². The average Bonchev–Trinajstić information content (AvgIpc) is 3.25. The van der Waals surface area contributed by atoms with Gasteiger partial charge in [0.05, 0.1) is 5.02 Å². The zero-order valence-corrected chi connectivity index (χ0v) is 13.0. The highest BCUT2D eigenvalue weighted by atomic mass is 79.9. The zero-order valence-electron chi connectivity index (χ0n) is 10.6. The molecule has 1 aromatic carbocycles. The molecule has 2 aromatic rings. The first-order valence-electron chi connectivity index (χ1n) is 6.38. The summed E-state index contributed by atoms with van der Waals surface area (Å²) in [5.74, 6) is 0.540. The number of nitrogens with one attached hydrogen (secondary N) is 1. The van der Waals surface area contributed by atoms with Gasteiger partial charge in [-0.15, -0.1) is 0 Å². The number of nitrogens with zero attached hydrogens (tertiary/aromatic N) is 2. The van der Waals surface area contributed by atoms with Crippen molar-refractivity contribution in [2.45, 2.75) is 25.4 Å². The summed E-state index contributed by atoms with van der Waals surface area (Å²) >= 11 is 9.43. The molecule has 1 aliphatic rings. The number of aromatic nitrogens is 2. The molecule has 0 amide bonds. The maximum absolute atomic E-state index is 6.08. The summed E-state index contributed by atoms with van der Waals surface area (Å²) in [5.41, 5.74) is 1.05. The Bertz CT molecular complexity index is 602. The van der Waals surface area contributed by atoms with E-state index in [0.717, 1.165) is 16.6 Å². The van der Waals surface area contributed by atoms with Crippen molar-refractivity contribution >= 4 is 27.5 Å². The summed E-state index contributed by atoms with van der Waals surface area (Å²) < 4.78 is 6.46. The van der Waals surface area contributed by atoms with Crippen LogP contribution >= 0.6 is 27.5 Å². The van der Waals surface area contributed by atoms with Gasteiger partial charge in [-0.25, -0.2) is 9.97 Å². The fraction of sp³-hybridized carbons (Fsp3) is 0.286. The molecule has 1 aromatic heterocycles. The second-order valence-electron chi connectivity index (χ2n) is 4.71. The van der Waals surface area contributed by atoms with Crippen LogP contribution in [0.1, 0.15) is 18.4 Å². The van der Waals surface area contributed by atoms with E-state index >= 15 is 0 Å². The van der Waals surface area contributed by atoms with E-state index in [9.17, 15) is 0 Å². The summed E-state index contributed by atoms with van der Waals surface area (Å²) in [4.78, 5) is 8.38. The first-order valence-corrected chi connectivity index (χ1v) is 7.55. The van der Waals surface area contributed by atoms with Crippen molar-refractivity contribution in [2.24, 2.45) is 0 Å². The molecule has 3 rings (SSSR count). The highest BCUT2D eigenvalue weighted by Gasteiger charge is 2.20. The van der Waals surface area contributed by atoms with Gasteiger partial charge in [0.15, 0.2) is 0 Å². The molecule has 1 saturated carbocycles. The number of rotatable bonds is 5. The first-order chi connectivity index (χ1) is 9.70. The quantitative estimate of drug-likeness (QED) is 0.883. The van der Waals surface area contributed by atoms with Crippen molar-refractivity contribution in [1.29, 1.82) is 0 Å². The summed E-state index contributed by atoms with van der Waals surface area (Å²) in [6, 6.07) is 6.37. The normalized spacial score (nSPS) is 14.3. The molecule has 0 aliphatic heterocycles. The van der Waals surface area contributed by atoms with E-state index in [1.54, 1.807) is 24.5 Å². The maximum atomic E-state index is 6.08. The van der Waals surface area contributed by atoms with Gasteiger partial charge in [-0.05, 0) is 31.0 Å².